The van der Waals surface area contributed by atoms with E-state index in [-0.39, 0.29) is 18.2 Å². The number of allylic oxidation sites excluding steroid dienone is 4. The Hall–Kier alpha value is -0.350. The average molecular weight is 709 g/mol. The summed E-state index contributed by atoms with van der Waals surface area (Å²) >= 11 is 0. The van der Waals surface area contributed by atoms with Gasteiger partial charge in [0.1, 0.15) is 0 Å². The molecule has 0 spiro atoms. The molecular formula is C45H86ClNO2. The van der Waals surface area contributed by atoms with E-state index >= 15 is 0 Å². The van der Waals surface area contributed by atoms with Gasteiger partial charge in [-0.1, -0.05) is 173 Å². The molecule has 1 heterocycles. The van der Waals surface area contributed by atoms with Gasteiger partial charge in [-0.05, 0) is 44.9 Å². The van der Waals surface area contributed by atoms with Crippen LogP contribution in [-0.2, 0) is 9.47 Å². The van der Waals surface area contributed by atoms with Crippen molar-refractivity contribution in [2.24, 2.45) is 0 Å². The molecule has 2 aliphatic rings. The predicted octanol–water partition coefficient (Wildman–Crippen LogP) is 11.2. The summed E-state index contributed by atoms with van der Waals surface area (Å²) in [4.78, 5) is 0. The van der Waals surface area contributed by atoms with Crippen molar-refractivity contribution in [3.63, 3.8) is 0 Å². The maximum absolute atomic E-state index is 6.90. The summed E-state index contributed by atoms with van der Waals surface area (Å²) in [5.74, 6) is -0.295. The monoisotopic (exact) mass is 708 g/mol. The number of unbranched alkanes of at least 4 members (excludes halogenated alkanes) is 24. The number of nitrogens with zero attached hydrogens (tertiary/aromatic N) is 1. The van der Waals surface area contributed by atoms with Crippen LogP contribution in [0.15, 0.2) is 24.3 Å². The van der Waals surface area contributed by atoms with Crippen molar-refractivity contribution < 1.29 is 26.4 Å². The Morgan fingerprint density at radius 2 is 0.796 bits per heavy atom. The fourth-order valence-electron chi connectivity index (χ4n) is 8.08. The number of halogens is 1. The molecule has 1 saturated carbocycles. The predicted molar refractivity (Wildman–Crippen MR) is 212 cm³/mol. The van der Waals surface area contributed by atoms with Crippen LogP contribution in [0.3, 0.4) is 0 Å². The molecule has 4 heteroatoms. The minimum atomic E-state index is -0.295. The van der Waals surface area contributed by atoms with Crippen LogP contribution in [-0.4, -0.2) is 49.7 Å². The summed E-state index contributed by atoms with van der Waals surface area (Å²) in [6, 6.07) is 0.662. The van der Waals surface area contributed by atoms with Gasteiger partial charge >= 0.3 is 0 Å². The van der Waals surface area contributed by atoms with Crippen molar-refractivity contribution in [1.29, 1.82) is 0 Å². The minimum Gasteiger partial charge on any atom is -1.00 e. The molecule has 4 atom stereocenters. The summed E-state index contributed by atoms with van der Waals surface area (Å²) in [7, 11) is 7.00. The molecule has 3 nitrogen and oxygen atoms in total. The first kappa shape index (κ1) is 46.7. The second-order valence-electron chi connectivity index (χ2n) is 16.9. The van der Waals surface area contributed by atoms with E-state index in [2.05, 4.69) is 59.3 Å². The van der Waals surface area contributed by atoms with Crippen molar-refractivity contribution in [3.05, 3.63) is 24.3 Å². The number of rotatable bonds is 33. The Morgan fingerprint density at radius 3 is 1.18 bits per heavy atom. The van der Waals surface area contributed by atoms with E-state index in [9.17, 15) is 0 Å². The number of ether oxygens (including phenoxy) is 2. The Bertz CT molecular complexity index is 775. The second-order valence-corrected chi connectivity index (χ2v) is 16.9. The molecule has 0 aromatic heterocycles. The van der Waals surface area contributed by atoms with Crippen LogP contribution in [0, 0.1) is 0 Å². The van der Waals surface area contributed by atoms with E-state index in [4.69, 9.17) is 9.47 Å². The SMILES string of the molecule is CCCCCC=CCC=CCCCCCCCCC1(CCCCCCCCCCCCCCCCCC)O[C@H]2CC([N+](C)(C)C)C[C@H]2O1.[Cl-]. The minimum absolute atomic E-state index is 0. The third-order valence-electron chi connectivity index (χ3n) is 11.4. The average Bonchev–Trinajstić information content (AvgIpc) is 3.61. The van der Waals surface area contributed by atoms with Gasteiger partial charge in [-0.2, -0.15) is 0 Å². The van der Waals surface area contributed by atoms with E-state index < -0.39 is 0 Å². The fourth-order valence-corrected chi connectivity index (χ4v) is 8.08. The van der Waals surface area contributed by atoms with Gasteiger partial charge in [0.05, 0.1) is 39.4 Å². The Balaban J connectivity index is 0.0000120. The number of quaternary nitrogens is 1. The lowest BCUT2D eigenvalue weighted by atomic mass is 9.98. The summed E-state index contributed by atoms with van der Waals surface area (Å²) in [5, 5.41) is 0. The Morgan fingerprint density at radius 1 is 0.469 bits per heavy atom. The third kappa shape index (κ3) is 23.0. The first-order valence-electron chi connectivity index (χ1n) is 21.9. The first-order chi connectivity index (χ1) is 23.4. The van der Waals surface area contributed by atoms with Gasteiger partial charge < -0.3 is 26.4 Å². The quantitative estimate of drug-likeness (QED) is 0.0384. The fraction of sp³-hybridized carbons (Fsp3) is 0.911. The lowest BCUT2D eigenvalue weighted by molar-refractivity contribution is -0.895. The Kier molecular flexibility index (Phi) is 28.7. The zero-order chi connectivity index (χ0) is 34.6. The Labute approximate surface area is 314 Å². The first-order valence-corrected chi connectivity index (χ1v) is 21.9. The topological polar surface area (TPSA) is 18.5 Å². The number of hydrogen-bond acceptors (Lipinski definition) is 2. The maximum atomic E-state index is 6.90. The summed E-state index contributed by atoms with van der Waals surface area (Å²) in [6.07, 6.45) is 53.0. The molecule has 2 unspecified atom stereocenters. The van der Waals surface area contributed by atoms with Crippen molar-refractivity contribution in [3.8, 4) is 0 Å². The highest BCUT2D eigenvalue weighted by atomic mass is 35.5. The van der Waals surface area contributed by atoms with Gasteiger partial charge in [-0.3, -0.25) is 0 Å². The largest absolute Gasteiger partial charge is 1.00 e. The van der Waals surface area contributed by atoms with Crippen molar-refractivity contribution in [2.45, 2.75) is 243 Å². The highest BCUT2D eigenvalue weighted by molar-refractivity contribution is 4.95. The van der Waals surface area contributed by atoms with Crippen LogP contribution in [0.1, 0.15) is 219 Å². The van der Waals surface area contributed by atoms with Crippen LogP contribution in [0.4, 0.5) is 0 Å². The van der Waals surface area contributed by atoms with E-state index in [1.165, 1.54) is 186 Å². The van der Waals surface area contributed by atoms with Gasteiger partial charge in [0.2, 0.25) is 0 Å². The lowest BCUT2D eigenvalue weighted by Gasteiger charge is -2.34. The van der Waals surface area contributed by atoms with Crippen molar-refractivity contribution >= 4 is 0 Å². The normalized spacial score (nSPS) is 22.4. The smallest absolute Gasteiger partial charge is 0.169 e. The highest BCUT2D eigenvalue weighted by Crippen LogP contribution is 2.45. The van der Waals surface area contributed by atoms with Crippen LogP contribution in [0.25, 0.3) is 0 Å². The van der Waals surface area contributed by atoms with Gasteiger partial charge in [0.15, 0.2) is 5.79 Å². The molecule has 0 amide bonds. The summed E-state index contributed by atoms with van der Waals surface area (Å²) in [5.41, 5.74) is 0. The van der Waals surface area contributed by atoms with Gasteiger partial charge in [0, 0.05) is 25.7 Å². The molecule has 0 radical (unpaired) electrons. The zero-order valence-corrected chi connectivity index (χ0v) is 34.6. The lowest BCUT2D eigenvalue weighted by Crippen LogP contribution is -3.00. The summed E-state index contributed by atoms with van der Waals surface area (Å²) in [6.45, 7) is 4.58. The molecule has 1 aliphatic carbocycles. The van der Waals surface area contributed by atoms with E-state index in [1.54, 1.807) is 0 Å². The van der Waals surface area contributed by atoms with E-state index in [0.29, 0.717) is 18.2 Å². The summed E-state index contributed by atoms with van der Waals surface area (Å²) < 4.78 is 14.8. The van der Waals surface area contributed by atoms with Crippen LogP contribution >= 0.6 is 0 Å². The molecule has 49 heavy (non-hydrogen) atoms. The van der Waals surface area contributed by atoms with E-state index in [0.717, 1.165) is 23.7 Å². The van der Waals surface area contributed by atoms with Gasteiger partial charge in [0.25, 0.3) is 0 Å². The van der Waals surface area contributed by atoms with E-state index in [1.807, 2.05) is 0 Å². The molecule has 1 aliphatic heterocycles. The number of hydrogen-bond donors (Lipinski definition) is 0. The molecular weight excluding hydrogens is 622 g/mol. The van der Waals surface area contributed by atoms with Crippen molar-refractivity contribution in [1.82, 2.24) is 0 Å². The van der Waals surface area contributed by atoms with Crippen LogP contribution in [0.2, 0.25) is 0 Å². The molecule has 0 N–H and O–H groups in total. The van der Waals surface area contributed by atoms with Crippen LogP contribution in [0.5, 0.6) is 0 Å². The van der Waals surface area contributed by atoms with Crippen LogP contribution < -0.4 is 12.4 Å². The molecule has 1 saturated heterocycles. The van der Waals surface area contributed by atoms with Gasteiger partial charge in [-0.15, -0.1) is 0 Å². The molecule has 2 rings (SSSR count). The number of fused-ring (bicyclic) bond motifs is 1. The third-order valence-corrected chi connectivity index (χ3v) is 11.4. The van der Waals surface area contributed by atoms with Crippen molar-refractivity contribution in [2.75, 3.05) is 21.1 Å². The van der Waals surface area contributed by atoms with Gasteiger partial charge in [-0.25, -0.2) is 0 Å². The molecule has 290 valence electrons. The highest BCUT2D eigenvalue weighted by Gasteiger charge is 2.53. The zero-order valence-electron chi connectivity index (χ0n) is 33.8. The standard InChI is InChI=1S/C45H86NO2.ClH/c1-6-8-10-12-14-16-18-20-22-24-26-28-30-32-34-36-38-45(47-43-40-42(46(3,4)5)41-44(43)48-45)39-37-35-33-31-29-27-25-23-21-19-17-15-13-11-9-7-2;/h14,16,20,22,42-44H,6-13,15,17-19,21,23-41H2,1-5H3;1H/q+1;/p-1/t42?,43-,44+,45?;. The molecule has 0 aromatic carbocycles. The molecule has 0 bridgehead atoms. The molecule has 0 aromatic rings. The second kappa shape index (κ2) is 30.1. The molecule has 2 fully saturated rings. The maximum Gasteiger partial charge on any atom is 0.169 e.